The Morgan fingerprint density at radius 3 is 2.62 bits per heavy atom. The van der Waals surface area contributed by atoms with Gasteiger partial charge in [-0.3, -0.25) is 4.90 Å². The summed E-state index contributed by atoms with van der Waals surface area (Å²) >= 11 is 1.95. The molecule has 0 aromatic heterocycles. The van der Waals surface area contributed by atoms with Crippen molar-refractivity contribution in [2.75, 3.05) is 18.8 Å². The van der Waals surface area contributed by atoms with Gasteiger partial charge in [-0.15, -0.1) is 0 Å². The first-order valence-corrected chi connectivity index (χ1v) is 6.10. The molecule has 0 saturated carbocycles. The molecule has 2 heterocycles. The van der Waals surface area contributed by atoms with E-state index in [1.54, 1.807) is 0 Å². The minimum absolute atomic E-state index is 0.111. The van der Waals surface area contributed by atoms with Crippen LogP contribution >= 0.6 is 11.8 Å². The van der Waals surface area contributed by atoms with Crippen LogP contribution in [-0.2, 0) is 0 Å². The molecule has 2 aliphatic heterocycles. The molecule has 2 rings (SSSR count). The van der Waals surface area contributed by atoms with E-state index in [2.05, 4.69) is 17.9 Å². The normalized spacial score (nSPS) is 40.8. The van der Waals surface area contributed by atoms with E-state index < -0.39 is 0 Å². The average Bonchev–Trinajstić information content (AvgIpc) is 2.73. The summed E-state index contributed by atoms with van der Waals surface area (Å²) in [5, 5.41) is 9.96. The Balaban J connectivity index is 2.11. The SMILES string of the molecule is CC1CC(C#N)(N2CCCC2)CS1. The van der Waals surface area contributed by atoms with Crippen LogP contribution in [0.25, 0.3) is 0 Å². The fraction of sp³-hybridized carbons (Fsp3) is 0.900. The third kappa shape index (κ3) is 1.58. The van der Waals surface area contributed by atoms with Gasteiger partial charge in [0.1, 0.15) is 5.54 Å². The standard InChI is InChI=1S/C10H16N2S/c1-9-6-10(7-11,8-13-9)12-4-2-3-5-12/h9H,2-6,8H2,1H3. The number of nitrogens with zero attached hydrogens (tertiary/aromatic N) is 2. The zero-order valence-electron chi connectivity index (χ0n) is 8.12. The Bertz CT molecular complexity index is 230. The Kier molecular flexibility index (Phi) is 2.53. The molecule has 2 fully saturated rings. The van der Waals surface area contributed by atoms with Gasteiger partial charge in [0.2, 0.25) is 0 Å². The highest BCUT2D eigenvalue weighted by atomic mass is 32.2. The maximum atomic E-state index is 9.29. The Morgan fingerprint density at radius 1 is 1.46 bits per heavy atom. The van der Waals surface area contributed by atoms with Crippen LogP contribution in [-0.4, -0.2) is 34.5 Å². The van der Waals surface area contributed by atoms with E-state index >= 15 is 0 Å². The maximum Gasteiger partial charge on any atom is 0.119 e. The molecule has 2 aliphatic rings. The van der Waals surface area contributed by atoms with Gasteiger partial charge in [-0.1, -0.05) is 6.92 Å². The summed E-state index contributed by atoms with van der Waals surface area (Å²) in [6.07, 6.45) is 3.62. The molecule has 13 heavy (non-hydrogen) atoms. The highest BCUT2D eigenvalue weighted by Gasteiger charge is 2.44. The number of hydrogen-bond acceptors (Lipinski definition) is 3. The summed E-state index contributed by atoms with van der Waals surface area (Å²) in [6.45, 7) is 4.52. The summed E-state index contributed by atoms with van der Waals surface area (Å²) in [7, 11) is 0. The third-order valence-corrected chi connectivity index (χ3v) is 4.53. The van der Waals surface area contributed by atoms with Crippen LogP contribution in [0.1, 0.15) is 26.2 Å². The van der Waals surface area contributed by atoms with Crippen molar-refractivity contribution in [3.8, 4) is 6.07 Å². The zero-order valence-corrected chi connectivity index (χ0v) is 8.94. The molecule has 0 aromatic carbocycles. The van der Waals surface area contributed by atoms with Crippen LogP contribution in [0.4, 0.5) is 0 Å². The molecule has 0 bridgehead atoms. The van der Waals surface area contributed by atoms with Gasteiger partial charge in [0.25, 0.3) is 0 Å². The number of nitriles is 1. The van der Waals surface area contributed by atoms with E-state index in [4.69, 9.17) is 0 Å². The summed E-state index contributed by atoms with van der Waals surface area (Å²) in [5.41, 5.74) is -0.111. The van der Waals surface area contributed by atoms with E-state index in [-0.39, 0.29) is 5.54 Å². The van der Waals surface area contributed by atoms with Gasteiger partial charge in [0, 0.05) is 11.0 Å². The topological polar surface area (TPSA) is 27.0 Å². The van der Waals surface area contributed by atoms with Gasteiger partial charge in [-0.25, -0.2) is 0 Å². The lowest BCUT2D eigenvalue weighted by atomic mass is 9.96. The first-order chi connectivity index (χ1) is 6.27. The zero-order chi connectivity index (χ0) is 9.31. The largest absolute Gasteiger partial charge is 0.285 e. The van der Waals surface area contributed by atoms with Gasteiger partial charge in [-0.05, 0) is 32.4 Å². The van der Waals surface area contributed by atoms with Crippen LogP contribution in [0.2, 0.25) is 0 Å². The first kappa shape index (κ1) is 9.36. The van der Waals surface area contributed by atoms with E-state index in [9.17, 15) is 5.26 Å². The predicted molar refractivity (Wildman–Crippen MR) is 55.7 cm³/mol. The highest BCUT2D eigenvalue weighted by Crippen LogP contribution is 2.39. The van der Waals surface area contributed by atoms with Crippen LogP contribution in [0.3, 0.4) is 0 Å². The molecular weight excluding hydrogens is 180 g/mol. The molecule has 72 valence electrons. The summed E-state index contributed by atoms with van der Waals surface area (Å²) in [6, 6.07) is 2.55. The van der Waals surface area contributed by atoms with Crippen molar-refractivity contribution in [2.24, 2.45) is 0 Å². The molecule has 0 spiro atoms. The number of likely N-dealkylation sites (tertiary alicyclic amines) is 1. The summed E-state index contributed by atoms with van der Waals surface area (Å²) < 4.78 is 0. The lowest BCUT2D eigenvalue weighted by molar-refractivity contribution is 0.193. The van der Waals surface area contributed by atoms with Crippen LogP contribution in [0.5, 0.6) is 0 Å². The lowest BCUT2D eigenvalue weighted by Crippen LogP contribution is -2.46. The fourth-order valence-corrected chi connectivity index (χ4v) is 3.71. The van der Waals surface area contributed by atoms with Crippen molar-refractivity contribution in [1.82, 2.24) is 4.90 Å². The van der Waals surface area contributed by atoms with Crippen LogP contribution < -0.4 is 0 Å². The van der Waals surface area contributed by atoms with Crippen LogP contribution in [0, 0.1) is 11.3 Å². The van der Waals surface area contributed by atoms with Crippen molar-refractivity contribution in [3.05, 3.63) is 0 Å². The molecule has 2 saturated heterocycles. The second-order valence-corrected chi connectivity index (χ2v) is 5.59. The van der Waals surface area contributed by atoms with Crippen molar-refractivity contribution in [1.29, 1.82) is 5.26 Å². The number of hydrogen-bond donors (Lipinski definition) is 0. The number of rotatable bonds is 1. The van der Waals surface area contributed by atoms with Crippen molar-refractivity contribution < 1.29 is 0 Å². The average molecular weight is 196 g/mol. The molecule has 2 unspecified atom stereocenters. The van der Waals surface area contributed by atoms with E-state index in [1.807, 2.05) is 11.8 Å². The first-order valence-electron chi connectivity index (χ1n) is 5.05. The second kappa shape index (κ2) is 3.51. The fourth-order valence-electron chi connectivity index (χ4n) is 2.39. The Morgan fingerprint density at radius 2 is 2.15 bits per heavy atom. The molecule has 0 aliphatic carbocycles. The molecule has 0 aromatic rings. The van der Waals surface area contributed by atoms with E-state index in [0.29, 0.717) is 5.25 Å². The summed E-state index contributed by atoms with van der Waals surface area (Å²) in [5.74, 6) is 1.02. The minimum atomic E-state index is -0.111. The van der Waals surface area contributed by atoms with Crippen molar-refractivity contribution >= 4 is 11.8 Å². The minimum Gasteiger partial charge on any atom is -0.285 e. The predicted octanol–water partition coefficient (Wildman–Crippen LogP) is 1.87. The molecule has 0 N–H and O–H groups in total. The quantitative estimate of drug-likeness (QED) is 0.640. The highest BCUT2D eigenvalue weighted by molar-refractivity contribution is 8.00. The second-order valence-electron chi connectivity index (χ2n) is 4.16. The lowest BCUT2D eigenvalue weighted by Gasteiger charge is -2.31. The molecule has 2 nitrogen and oxygen atoms in total. The monoisotopic (exact) mass is 196 g/mol. The molecule has 0 amide bonds. The van der Waals surface area contributed by atoms with Crippen LogP contribution in [0.15, 0.2) is 0 Å². The van der Waals surface area contributed by atoms with Gasteiger partial charge < -0.3 is 0 Å². The third-order valence-electron chi connectivity index (χ3n) is 3.15. The van der Waals surface area contributed by atoms with Crippen molar-refractivity contribution in [3.63, 3.8) is 0 Å². The summed E-state index contributed by atoms with van der Waals surface area (Å²) in [4.78, 5) is 2.41. The molecule has 3 heteroatoms. The smallest absolute Gasteiger partial charge is 0.119 e. The van der Waals surface area contributed by atoms with E-state index in [1.165, 1.54) is 12.8 Å². The van der Waals surface area contributed by atoms with Gasteiger partial charge in [-0.2, -0.15) is 17.0 Å². The molecule has 0 radical (unpaired) electrons. The Labute approximate surface area is 84.3 Å². The van der Waals surface area contributed by atoms with E-state index in [0.717, 1.165) is 25.3 Å². The molecule has 2 atom stereocenters. The maximum absolute atomic E-state index is 9.29. The van der Waals surface area contributed by atoms with Gasteiger partial charge in [0.15, 0.2) is 0 Å². The van der Waals surface area contributed by atoms with Crippen molar-refractivity contribution in [2.45, 2.75) is 37.0 Å². The Hall–Kier alpha value is -0.200. The number of thioether (sulfide) groups is 1. The van der Waals surface area contributed by atoms with Gasteiger partial charge in [0.05, 0.1) is 6.07 Å². The van der Waals surface area contributed by atoms with Gasteiger partial charge >= 0.3 is 0 Å². The molecular formula is C10H16N2S.